The summed E-state index contributed by atoms with van der Waals surface area (Å²) in [6, 6.07) is 0. The molecule has 3 atom stereocenters. The first-order valence-corrected chi connectivity index (χ1v) is 30.3. The van der Waals surface area contributed by atoms with E-state index in [9.17, 15) is 28.9 Å². The van der Waals surface area contributed by atoms with Crippen LogP contribution in [0.5, 0.6) is 0 Å². The largest absolute Gasteiger partial charge is 0.472 e. The number of ether oxygens (including phenoxy) is 3. The van der Waals surface area contributed by atoms with Crippen LogP contribution < -0.4 is 0 Å². The van der Waals surface area contributed by atoms with Crippen molar-refractivity contribution >= 4 is 25.7 Å². The van der Waals surface area contributed by atoms with Gasteiger partial charge in [0.25, 0.3) is 0 Å². The third kappa shape index (κ3) is 53.0. The number of phosphoric acid groups is 1. The summed E-state index contributed by atoms with van der Waals surface area (Å²) in [5, 5.41) is 9.81. The molecular formula is C62H103O11P. The Morgan fingerprint density at radius 3 is 1.15 bits per heavy atom. The number of phosphoric ester groups is 1. The SMILES string of the molecule is CC/C=C\C/C=C\C/C=C\C/C=C\C/C=C\CCCC(=O)OC(COC(=O)CCCCCCCCC/C=C\C/C=C\C/C=C\CC)COP(=O)(O)OCC(CO)OC(=O)CCCCCCC/C=C\CCCCCC. The van der Waals surface area contributed by atoms with Gasteiger partial charge in [-0.2, -0.15) is 0 Å². The molecule has 0 heterocycles. The second kappa shape index (κ2) is 55.4. The zero-order chi connectivity index (χ0) is 54.1. The summed E-state index contributed by atoms with van der Waals surface area (Å²) >= 11 is 0. The van der Waals surface area contributed by atoms with Crippen molar-refractivity contribution in [1.29, 1.82) is 0 Å². The number of hydrogen-bond donors (Lipinski definition) is 2. The Morgan fingerprint density at radius 2 is 0.716 bits per heavy atom. The van der Waals surface area contributed by atoms with Gasteiger partial charge in [-0.15, -0.1) is 0 Å². The third-order valence-electron chi connectivity index (χ3n) is 11.7. The fourth-order valence-electron chi connectivity index (χ4n) is 7.34. The van der Waals surface area contributed by atoms with Gasteiger partial charge in [0.2, 0.25) is 0 Å². The molecule has 2 N–H and O–H groups in total. The summed E-state index contributed by atoms with van der Waals surface area (Å²) in [7, 11) is -4.77. The molecule has 0 amide bonds. The molecule has 0 rings (SSSR count). The maximum atomic E-state index is 12.9. The van der Waals surface area contributed by atoms with Gasteiger partial charge in [0.05, 0.1) is 19.8 Å². The van der Waals surface area contributed by atoms with Crippen molar-refractivity contribution in [3.63, 3.8) is 0 Å². The normalized spacial score (nSPS) is 14.2. The number of allylic oxidation sites excluding steroid dienone is 18. The van der Waals surface area contributed by atoms with Crippen LogP contribution in [0, 0.1) is 0 Å². The van der Waals surface area contributed by atoms with E-state index in [2.05, 4.69) is 118 Å². The maximum absolute atomic E-state index is 12.9. The molecule has 0 aliphatic heterocycles. The topological polar surface area (TPSA) is 155 Å². The van der Waals surface area contributed by atoms with Crippen molar-refractivity contribution in [3.05, 3.63) is 109 Å². The molecule has 0 radical (unpaired) electrons. The van der Waals surface area contributed by atoms with Crippen molar-refractivity contribution in [1.82, 2.24) is 0 Å². The van der Waals surface area contributed by atoms with E-state index in [1.807, 2.05) is 12.2 Å². The Balaban J connectivity index is 4.85. The number of esters is 3. The highest BCUT2D eigenvalue weighted by atomic mass is 31.2. The van der Waals surface area contributed by atoms with Crippen LogP contribution in [0.2, 0.25) is 0 Å². The van der Waals surface area contributed by atoms with E-state index in [1.165, 1.54) is 38.5 Å². The van der Waals surface area contributed by atoms with Gasteiger partial charge in [-0.3, -0.25) is 23.4 Å². The van der Waals surface area contributed by atoms with E-state index in [0.717, 1.165) is 122 Å². The molecule has 12 heteroatoms. The van der Waals surface area contributed by atoms with E-state index in [0.29, 0.717) is 25.7 Å². The summed E-state index contributed by atoms with van der Waals surface area (Å²) in [6.45, 7) is 4.31. The van der Waals surface area contributed by atoms with E-state index in [1.54, 1.807) is 0 Å². The molecule has 0 fully saturated rings. The Hall–Kier alpha value is -3.86. The number of rotatable bonds is 52. The Labute approximate surface area is 450 Å². The van der Waals surface area contributed by atoms with Gasteiger partial charge in [0.15, 0.2) is 6.10 Å². The zero-order valence-corrected chi connectivity index (χ0v) is 47.4. The monoisotopic (exact) mass is 1050 g/mol. The number of aliphatic hydroxyl groups excluding tert-OH is 1. The molecule has 0 bridgehead atoms. The lowest BCUT2D eigenvalue weighted by Crippen LogP contribution is -2.30. The fraction of sp³-hybridized carbons (Fsp3) is 0.661. The molecule has 0 aromatic heterocycles. The van der Waals surface area contributed by atoms with Crippen LogP contribution in [0.25, 0.3) is 0 Å². The molecule has 0 aliphatic carbocycles. The number of carbonyl (C=O) groups excluding carboxylic acids is 3. The summed E-state index contributed by atoms with van der Waals surface area (Å²) in [6.07, 6.45) is 66.2. The Bertz CT molecular complexity index is 1660. The number of hydrogen-bond acceptors (Lipinski definition) is 10. The van der Waals surface area contributed by atoms with Crippen LogP contribution in [0.4, 0.5) is 0 Å². The molecule has 74 heavy (non-hydrogen) atoms. The Kier molecular flexibility index (Phi) is 52.5. The van der Waals surface area contributed by atoms with Gasteiger partial charge in [-0.25, -0.2) is 4.57 Å². The van der Waals surface area contributed by atoms with Crippen LogP contribution >= 0.6 is 7.82 Å². The highest BCUT2D eigenvalue weighted by Gasteiger charge is 2.28. The summed E-state index contributed by atoms with van der Waals surface area (Å²) in [5.41, 5.74) is 0. The van der Waals surface area contributed by atoms with Gasteiger partial charge in [-0.1, -0.05) is 201 Å². The minimum absolute atomic E-state index is 0.0816. The first-order chi connectivity index (χ1) is 36.2. The average Bonchev–Trinajstić information content (AvgIpc) is 3.39. The number of aliphatic hydroxyl groups is 1. The van der Waals surface area contributed by atoms with Gasteiger partial charge in [0.1, 0.15) is 12.7 Å². The summed E-state index contributed by atoms with van der Waals surface area (Å²) in [5.74, 6) is -1.56. The second-order valence-corrected chi connectivity index (χ2v) is 20.1. The molecular weight excluding hydrogens is 952 g/mol. The van der Waals surface area contributed by atoms with Crippen LogP contribution in [0.3, 0.4) is 0 Å². The molecule has 11 nitrogen and oxygen atoms in total. The lowest BCUT2D eigenvalue weighted by atomic mass is 10.1. The van der Waals surface area contributed by atoms with Crippen molar-refractivity contribution in [2.24, 2.45) is 0 Å². The quantitative estimate of drug-likeness (QED) is 0.0197. The predicted molar refractivity (Wildman–Crippen MR) is 307 cm³/mol. The standard InChI is InChI=1S/C62H103O11P/c1-4-7-10-13-16-19-22-25-27-29-31-34-36-39-42-45-48-51-60(64)69-55-59(73-62(66)53-50-47-44-41-38-35-32-30-28-26-23-20-17-14-11-8-5-2)57-71-74(67,68)70-56-58(54-63)72-61(65)52-49-46-43-40-37-33-24-21-18-15-12-9-6-3/h7-8,10-11,16-17,19-21,24-28,32,35,41,44,58-59,63H,4-6,9,12-15,18,22-23,29-31,33-34,36-40,42-43,45-57H2,1-3H3,(H,67,68)/b10-7-,11-8-,19-16-,20-17-,24-21-,27-25-,28-26-,35-32-,44-41-. The van der Waals surface area contributed by atoms with E-state index in [4.69, 9.17) is 23.3 Å². The Morgan fingerprint density at radius 1 is 0.392 bits per heavy atom. The van der Waals surface area contributed by atoms with Crippen LogP contribution in [-0.4, -0.2) is 66.5 Å². The third-order valence-corrected chi connectivity index (χ3v) is 12.6. The van der Waals surface area contributed by atoms with Gasteiger partial charge >= 0.3 is 25.7 Å². The lowest BCUT2D eigenvalue weighted by Gasteiger charge is -2.21. The van der Waals surface area contributed by atoms with Crippen molar-refractivity contribution in [3.8, 4) is 0 Å². The molecule has 0 aliphatic rings. The molecule has 0 saturated carbocycles. The molecule has 0 aromatic rings. The average molecular weight is 1060 g/mol. The smallest absolute Gasteiger partial charge is 0.462 e. The van der Waals surface area contributed by atoms with E-state index in [-0.39, 0.29) is 25.9 Å². The summed E-state index contributed by atoms with van der Waals surface area (Å²) < 4.78 is 39.4. The van der Waals surface area contributed by atoms with Gasteiger partial charge in [-0.05, 0) is 116 Å². The van der Waals surface area contributed by atoms with Crippen LogP contribution in [-0.2, 0) is 42.2 Å². The highest BCUT2D eigenvalue weighted by Crippen LogP contribution is 2.43. The van der Waals surface area contributed by atoms with Crippen molar-refractivity contribution < 1.29 is 52.2 Å². The van der Waals surface area contributed by atoms with E-state index >= 15 is 0 Å². The maximum Gasteiger partial charge on any atom is 0.472 e. The molecule has 0 saturated heterocycles. The molecule has 0 spiro atoms. The molecule has 0 aromatic carbocycles. The van der Waals surface area contributed by atoms with Gasteiger partial charge in [0, 0.05) is 19.3 Å². The molecule has 422 valence electrons. The first-order valence-electron chi connectivity index (χ1n) is 28.8. The second-order valence-electron chi connectivity index (χ2n) is 18.7. The van der Waals surface area contributed by atoms with Crippen molar-refractivity contribution in [2.45, 2.75) is 238 Å². The predicted octanol–water partition coefficient (Wildman–Crippen LogP) is 17.0. The number of carbonyl (C=O) groups is 3. The lowest BCUT2D eigenvalue weighted by molar-refractivity contribution is -0.161. The molecule has 3 unspecified atom stereocenters. The van der Waals surface area contributed by atoms with Crippen molar-refractivity contribution in [2.75, 3.05) is 26.4 Å². The summed E-state index contributed by atoms with van der Waals surface area (Å²) in [4.78, 5) is 48.5. The minimum atomic E-state index is -4.77. The minimum Gasteiger partial charge on any atom is -0.462 e. The van der Waals surface area contributed by atoms with E-state index < -0.39 is 57.8 Å². The first kappa shape index (κ1) is 70.1. The highest BCUT2D eigenvalue weighted by molar-refractivity contribution is 7.47. The number of unbranched alkanes of at least 4 members (excludes halogenated alkanes) is 17. The van der Waals surface area contributed by atoms with Crippen LogP contribution in [0.15, 0.2) is 109 Å². The van der Waals surface area contributed by atoms with Gasteiger partial charge < -0.3 is 24.2 Å². The van der Waals surface area contributed by atoms with Crippen LogP contribution in [0.1, 0.15) is 226 Å². The zero-order valence-electron chi connectivity index (χ0n) is 46.5. The fourth-order valence-corrected chi connectivity index (χ4v) is 8.12.